The minimum absolute atomic E-state index is 0.00336. The lowest BCUT2D eigenvalue weighted by molar-refractivity contribution is -0.874. The Morgan fingerprint density at radius 3 is 1.15 bits per heavy atom. The Balaban J connectivity index is 0.000000388. The van der Waals surface area contributed by atoms with Gasteiger partial charge in [-0.3, -0.25) is 19.2 Å². The second-order valence-electron chi connectivity index (χ2n) is 33.9. The number of ether oxygens (including phenoxy) is 13. The third-order valence-corrected chi connectivity index (χ3v) is 24.1. The molecule has 0 amide bonds. The molecule has 6 heterocycles. The zero-order valence-corrected chi connectivity index (χ0v) is 67.2. The number of aliphatic hydroxyl groups excluding tert-OH is 6. The number of carbonyl (C=O) groups excluding carboxylic acids is 4. The molecule has 0 aromatic rings. The number of carbonyl (C=O) groups is 4. The van der Waals surface area contributed by atoms with Crippen molar-refractivity contribution in [3.8, 4) is 0 Å². The molecule has 6 aliphatic heterocycles. The number of hydroxylamine groups is 6. The van der Waals surface area contributed by atoms with E-state index in [-0.39, 0.29) is 51.4 Å². The first-order valence-electron chi connectivity index (χ1n) is 39.0. The van der Waals surface area contributed by atoms with Crippen LogP contribution in [0.3, 0.4) is 0 Å². The summed E-state index contributed by atoms with van der Waals surface area (Å²) in [7, 11) is 5.41. The number of esters is 2. The molecule has 30 nitrogen and oxygen atoms in total. The van der Waals surface area contributed by atoms with Crippen LogP contribution in [-0.4, -0.2) is 297 Å². The summed E-state index contributed by atoms with van der Waals surface area (Å²) in [6, 6.07) is -1.74. The Kier molecular flexibility index (Phi) is 30.1. The summed E-state index contributed by atoms with van der Waals surface area (Å²) in [5, 5.41) is 130. The summed E-state index contributed by atoms with van der Waals surface area (Å²) in [5.74, 6) is -11.2. The van der Waals surface area contributed by atoms with Gasteiger partial charge in [-0.1, -0.05) is 55.4 Å². The molecular formula is C75H136N2O28. The second kappa shape index (κ2) is 36.0. The first-order chi connectivity index (χ1) is 49.2. The van der Waals surface area contributed by atoms with Crippen LogP contribution in [0.4, 0.5) is 0 Å². The lowest BCUT2D eigenvalue weighted by Crippen LogP contribution is -2.63. The molecule has 0 aromatic heterocycles. The van der Waals surface area contributed by atoms with E-state index in [4.69, 9.17) is 65.7 Å². The molecular weight excluding hydrogens is 1380 g/mol. The molecule has 0 aliphatic carbocycles. The average molecular weight is 1520 g/mol. The number of rotatable bonds is 15. The SMILES string of the molecule is CCC1OC(=O)[C@H](C)[C@@H](O[C@H]2C[C@@](C)(OC)[C@@H](O)[C@H](C)O2)[C@H](C)[C@@H](O[C@@H]2O[C@H](C)C[C@H]([N+](C)(C)[O-])[C@H]2O)[C@](C)(O)C[C@@H](C)C(=O)[C@H](C)[C@@H](O)[C@]1(C)O.[2H]C([2H])([2H])O[C@]1(C)C[C@@H](C)C(=O)[C@H](C)[C@@H](O)[C@](C)(O)C(CC)OC(=O)[C@H](C)[C@@H](O[C@H]2C[C@@](C)(OC)[C@@H](O)[C@H](C)O2)[C@H](C)[C@H]1O[C@@H]1O[C@H](C)C[C@H]([N+](C)(C)[O-])[C@H]1O. The predicted molar refractivity (Wildman–Crippen MR) is 381 cm³/mol. The fourth-order valence-electron chi connectivity index (χ4n) is 17.1. The van der Waals surface area contributed by atoms with Crippen molar-refractivity contribution in [3.63, 3.8) is 0 Å². The Labute approximate surface area is 627 Å². The van der Waals surface area contributed by atoms with Gasteiger partial charge >= 0.3 is 11.9 Å². The lowest BCUT2D eigenvalue weighted by atomic mass is 9.74. The van der Waals surface area contributed by atoms with E-state index in [2.05, 4.69) is 0 Å². The smallest absolute Gasteiger partial charge is 0.311 e. The number of likely N-dealkylation sites (N-methyl/N-ethyl adjacent to an activating group) is 2. The van der Waals surface area contributed by atoms with Gasteiger partial charge in [-0.15, -0.1) is 0 Å². The lowest BCUT2D eigenvalue weighted by Gasteiger charge is -2.51. The van der Waals surface area contributed by atoms with E-state index in [1.54, 1.807) is 90.0 Å². The molecule has 0 aromatic carbocycles. The van der Waals surface area contributed by atoms with Gasteiger partial charge in [-0.25, -0.2) is 0 Å². The molecule has 6 rings (SSSR count). The average Bonchev–Trinajstić information content (AvgIpc) is 0.767. The molecule has 6 fully saturated rings. The highest BCUT2D eigenvalue weighted by Crippen LogP contribution is 2.45. The number of cyclic esters (lactones) is 2. The number of nitrogens with zero attached hydrogens (tertiary/aromatic N) is 2. The summed E-state index contributed by atoms with van der Waals surface area (Å²) in [4.78, 5) is 56.2. The standard InChI is InChI=1S/C38H69NO14.C37H67NO14/c1-15-26-38(10,45)31(42)21(4)28(40)19(2)17-37(9,48-14)33(53-35-29(41)25(39(11,12)46)16-20(3)49-35)22(5)30(23(6)34(44)51-26)52-27-18-36(8,47-13)32(43)24(7)50-27;1-14-25-37(10,45)30(41)20(4)27(39)18(2)16-35(8,44)32(52-34-28(40)24(38(11,12)46)15-19(3)48-34)21(5)29(22(6)33(43)50-25)51-26-17-36(9,47-13)31(42)23(7)49-26/h19-27,29-33,35,41-43,45H,15-18H2,1-14H3;18-26,28-32,34,40-42,44-45H,14-17H2,1-13H3/t19-,20-,21+,22+,23-,24+,25+,26?,27+,29-,30+,31-,32+,33-,35+,36-,37-,38-;18-,19-,20+,21+,22-,23+,24+,25?,26+,28-,29+,30-,31+,32-,34+,35-,36-,37-/m11/s1/i14D3;. The molecule has 0 saturated carbocycles. The van der Waals surface area contributed by atoms with Crippen LogP contribution in [0, 0.1) is 57.8 Å². The Bertz CT molecular complexity index is 2920. The van der Waals surface area contributed by atoms with Gasteiger partial charge in [0.05, 0.1) is 128 Å². The minimum Gasteiger partial charge on any atom is -0.633 e. The normalized spacial score (nSPS) is 49.4. The Morgan fingerprint density at radius 2 is 0.819 bits per heavy atom. The highest BCUT2D eigenvalue weighted by Gasteiger charge is 2.58. The fourth-order valence-corrected chi connectivity index (χ4v) is 17.1. The zero-order valence-electron chi connectivity index (χ0n) is 70.2. The topological polar surface area (TPSA) is 416 Å². The van der Waals surface area contributed by atoms with Gasteiger partial charge in [0, 0.05) is 82.4 Å². The summed E-state index contributed by atoms with van der Waals surface area (Å²) < 4.78 is 103. The number of methoxy groups -OCH3 is 3. The molecule has 2 unspecified atom stereocenters. The largest absolute Gasteiger partial charge is 0.633 e. The van der Waals surface area contributed by atoms with Crippen molar-refractivity contribution >= 4 is 23.5 Å². The summed E-state index contributed by atoms with van der Waals surface area (Å²) in [5.41, 5.74) is -10.2. The van der Waals surface area contributed by atoms with E-state index < -0.39 is 256 Å². The maximum absolute atomic E-state index is 14.2. The van der Waals surface area contributed by atoms with Gasteiger partial charge in [0.15, 0.2) is 37.4 Å². The molecule has 105 heavy (non-hydrogen) atoms. The molecule has 6 aliphatic rings. The van der Waals surface area contributed by atoms with Crippen molar-refractivity contribution in [1.82, 2.24) is 0 Å². The van der Waals surface area contributed by atoms with Gasteiger partial charge in [0.2, 0.25) is 0 Å². The molecule has 36 atom stereocenters. The number of aliphatic hydroxyl groups is 9. The van der Waals surface area contributed by atoms with Crippen LogP contribution in [0.15, 0.2) is 0 Å². The van der Waals surface area contributed by atoms with E-state index in [0.29, 0.717) is 0 Å². The third-order valence-electron chi connectivity index (χ3n) is 24.1. The van der Waals surface area contributed by atoms with Gasteiger partial charge in [0.1, 0.15) is 59.3 Å². The highest BCUT2D eigenvalue weighted by molar-refractivity contribution is 5.84. The van der Waals surface area contributed by atoms with Crippen molar-refractivity contribution in [1.29, 1.82) is 0 Å². The Hall–Kier alpha value is -2.68. The van der Waals surface area contributed by atoms with Crippen molar-refractivity contribution < 1.29 is 140 Å². The van der Waals surface area contributed by atoms with Crippen LogP contribution in [0.5, 0.6) is 0 Å². The molecule has 9 N–H and O–H groups in total. The van der Waals surface area contributed by atoms with Crippen molar-refractivity contribution in [2.45, 2.75) is 358 Å². The summed E-state index contributed by atoms with van der Waals surface area (Å²) in [6.45, 7) is 31.4. The third kappa shape index (κ3) is 21.0. The van der Waals surface area contributed by atoms with E-state index in [0.717, 1.165) is 0 Å². The quantitative estimate of drug-likeness (QED) is 0.0628. The molecule has 0 spiro atoms. The monoisotopic (exact) mass is 1520 g/mol. The highest BCUT2D eigenvalue weighted by atomic mass is 16.7. The Morgan fingerprint density at radius 1 is 0.476 bits per heavy atom. The van der Waals surface area contributed by atoms with Crippen LogP contribution < -0.4 is 0 Å². The van der Waals surface area contributed by atoms with Crippen molar-refractivity contribution in [2.24, 2.45) is 47.3 Å². The number of quaternary nitrogens is 2. The van der Waals surface area contributed by atoms with E-state index in [1.165, 1.54) is 90.9 Å². The molecule has 0 radical (unpaired) electrons. The van der Waals surface area contributed by atoms with Crippen LogP contribution in [0.1, 0.15) is 194 Å². The van der Waals surface area contributed by atoms with Gasteiger partial charge in [-0.2, -0.15) is 0 Å². The van der Waals surface area contributed by atoms with Crippen LogP contribution in [-0.2, 0) is 80.8 Å². The molecule has 0 bridgehead atoms. The van der Waals surface area contributed by atoms with E-state index in [1.807, 2.05) is 0 Å². The van der Waals surface area contributed by atoms with Crippen LogP contribution >= 0.6 is 0 Å². The second-order valence-corrected chi connectivity index (χ2v) is 33.9. The first kappa shape index (κ1) is 87.9. The minimum atomic E-state index is -3.08. The number of Topliss-reactive ketones (excluding diaryl/α,β-unsaturated/α-hetero) is 2. The number of hydrogen-bond donors (Lipinski definition) is 9. The van der Waals surface area contributed by atoms with Gasteiger partial charge in [-0.05, 0) is 109 Å². The number of ketones is 2. The maximum atomic E-state index is 14.2. The fraction of sp³-hybridized carbons (Fsp3) is 0.947. The summed E-state index contributed by atoms with van der Waals surface area (Å²) >= 11 is 0. The summed E-state index contributed by atoms with van der Waals surface area (Å²) in [6.07, 6.45) is -23.5. The molecule has 30 heteroatoms. The van der Waals surface area contributed by atoms with Crippen molar-refractivity contribution in [3.05, 3.63) is 10.4 Å². The first-order valence-corrected chi connectivity index (χ1v) is 37.5. The van der Waals surface area contributed by atoms with Gasteiger partial charge < -0.3 is 127 Å². The molecule has 6 saturated heterocycles. The van der Waals surface area contributed by atoms with E-state index >= 15 is 0 Å². The number of hydrogen-bond acceptors (Lipinski definition) is 28. The van der Waals surface area contributed by atoms with Gasteiger partial charge in [0.25, 0.3) is 0 Å². The molecule has 614 valence electrons. The van der Waals surface area contributed by atoms with Crippen LogP contribution in [0.2, 0.25) is 0 Å². The van der Waals surface area contributed by atoms with Crippen LogP contribution in [0.25, 0.3) is 0 Å². The maximum Gasteiger partial charge on any atom is 0.311 e. The zero-order chi connectivity index (χ0) is 83.0. The van der Waals surface area contributed by atoms with E-state index in [9.17, 15) is 75.6 Å². The van der Waals surface area contributed by atoms with Crippen molar-refractivity contribution in [2.75, 3.05) is 49.4 Å². The predicted octanol–water partition coefficient (Wildman–Crippen LogP) is 4.25.